The van der Waals surface area contributed by atoms with Crippen LogP contribution >= 0.6 is 11.6 Å². The summed E-state index contributed by atoms with van der Waals surface area (Å²) in [4.78, 5) is 24.6. The van der Waals surface area contributed by atoms with Crippen LogP contribution in [-0.2, 0) is 16.6 Å². The molecule has 2 N–H and O–H groups in total. The van der Waals surface area contributed by atoms with Gasteiger partial charge in [0.15, 0.2) is 0 Å². The van der Waals surface area contributed by atoms with Gasteiger partial charge in [0.1, 0.15) is 12.4 Å². The van der Waals surface area contributed by atoms with E-state index in [9.17, 15) is 18.0 Å². The Hall–Kier alpha value is -3.40. The molecule has 0 atom stereocenters. The largest absolute Gasteiger partial charge is 0.489 e. The number of carbonyl (C=O) groups excluding carboxylic acids is 2. The van der Waals surface area contributed by atoms with E-state index in [4.69, 9.17) is 16.3 Å². The zero-order chi connectivity index (χ0) is 24.0. The predicted molar refractivity (Wildman–Crippen MR) is 124 cm³/mol. The minimum Gasteiger partial charge on any atom is -0.489 e. The molecular formula is C23H22ClN3O5S. The molecule has 10 heteroatoms. The van der Waals surface area contributed by atoms with E-state index in [0.717, 1.165) is 9.87 Å². The summed E-state index contributed by atoms with van der Waals surface area (Å²) in [6, 6.07) is 19.1. The molecule has 2 amide bonds. The third kappa shape index (κ3) is 6.32. The molecule has 0 bridgehead atoms. The van der Waals surface area contributed by atoms with Crippen LogP contribution in [0.3, 0.4) is 0 Å². The van der Waals surface area contributed by atoms with E-state index in [1.807, 2.05) is 0 Å². The van der Waals surface area contributed by atoms with Crippen molar-refractivity contribution in [3.63, 3.8) is 0 Å². The lowest BCUT2D eigenvalue weighted by molar-refractivity contribution is 0.0846. The zero-order valence-electron chi connectivity index (χ0n) is 17.9. The van der Waals surface area contributed by atoms with Crippen molar-refractivity contribution in [3.8, 4) is 5.75 Å². The van der Waals surface area contributed by atoms with E-state index in [2.05, 4.69) is 10.9 Å². The minimum absolute atomic E-state index is 0.0632. The molecule has 3 aromatic carbocycles. The van der Waals surface area contributed by atoms with Crippen molar-refractivity contribution in [3.05, 3.63) is 94.5 Å². The molecule has 0 fully saturated rings. The Bertz CT molecular complexity index is 1230. The molecule has 3 aromatic rings. The molecule has 0 saturated heterocycles. The average Bonchev–Trinajstić information content (AvgIpc) is 2.82. The van der Waals surface area contributed by atoms with Crippen LogP contribution in [0.25, 0.3) is 0 Å². The van der Waals surface area contributed by atoms with Gasteiger partial charge in [0, 0.05) is 30.2 Å². The van der Waals surface area contributed by atoms with Gasteiger partial charge in [-0.15, -0.1) is 0 Å². The fourth-order valence-electron chi connectivity index (χ4n) is 2.70. The lowest BCUT2D eigenvalue weighted by atomic mass is 10.1. The van der Waals surface area contributed by atoms with E-state index in [0.29, 0.717) is 22.9 Å². The first-order valence-corrected chi connectivity index (χ1v) is 11.6. The number of halogens is 1. The van der Waals surface area contributed by atoms with Gasteiger partial charge in [-0.1, -0.05) is 23.7 Å². The summed E-state index contributed by atoms with van der Waals surface area (Å²) in [5.41, 5.74) is 6.05. The van der Waals surface area contributed by atoms with Crippen molar-refractivity contribution >= 4 is 33.4 Å². The summed E-state index contributed by atoms with van der Waals surface area (Å²) in [6.45, 7) is 0.319. The lowest BCUT2D eigenvalue weighted by Crippen LogP contribution is -2.41. The Balaban J connectivity index is 1.52. The van der Waals surface area contributed by atoms with Crippen molar-refractivity contribution in [2.75, 3.05) is 14.1 Å². The number of rotatable bonds is 7. The average molecular weight is 488 g/mol. The summed E-state index contributed by atoms with van der Waals surface area (Å²) in [7, 11) is -0.746. The molecule has 0 unspecified atom stereocenters. The molecule has 33 heavy (non-hydrogen) atoms. The number of benzene rings is 3. The van der Waals surface area contributed by atoms with Crippen LogP contribution in [0.1, 0.15) is 26.3 Å². The second-order valence-corrected chi connectivity index (χ2v) is 9.75. The second-order valence-electron chi connectivity index (χ2n) is 7.16. The van der Waals surface area contributed by atoms with Gasteiger partial charge in [0.05, 0.1) is 4.90 Å². The van der Waals surface area contributed by atoms with Gasteiger partial charge in [-0.2, -0.15) is 0 Å². The molecule has 0 aliphatic carbocycles. The van der Waals surface area contributed by atoms with Crippen LogP contribution in [0.2, 0.25) is 5.02 Å². The highest BCUT2D eigenvalue weighted by Crippen LogP contribution is 2.17. The van der Waals surface area contributed by atoms with Crippen LogP contribution in [0, 0.1) is 0 Å². The first-order valence-electron chi connectivity index (χ1n) is 9.77. The van der Waals surface area contributed by atoms with E-state index < -0.39 is 21.8 Å². The second kappa shape index (κ2) is 10.5. The van der Waals surface area contributed by atoms with E-state index in [1.54, 1.807) is 48.5 Å². The molecule has 0 radical (unpaired) electrons. The van der Waals surface area contributed by atoms with E-state index in [-0.39, 0.29) is 10.5 Å². The molecule has 0 heterocycles. The third-order valence-corrected chi connectivity index (χ3v) is 6.70. The molecule has 0 saturated carbocycles. The number of nitrogens with zero attached hydrogens (tertiary/aromatic N) is 1. The van der Waals surface area contributed by atoms with Gasteiger partial charge in [-0.25, -0.2) is 12.7 Å². The van der Waals surface area contributed by atoms with Crippen molar-refractivity contribution < 1.29 is 22.7 Å². The first-order chi connectivity index (χ1) is 15.7. The summed E-state index contributed by atoms with van der Waals surface area (Å²) in [5.74, 6) is -0.401. The quantitative estimate of drug-likeness (QED) is 0.498. The highest BCUT2D eigenvalue weighted by molar-refractivity contribution is 7.89. The van der Waals surface area contributed by atoms with Crippen molar-refractivity contribution in [2.45, 2.75) is 11.5 Å². The summed E-state index contributed by atoms with van der Waals surface area (Å²) < 4.78 is 30.9. The minimum atomic E-state index is -3.59. The first kappa shape index (κ1) is 24.2. The van der Waals surface area contributed by atoms with E-state index >= 15 is 0 Å². The zero-order valence-corrected chi connectivity index (χ0v) is 19.5. The van der Waals surface area contributed by atoms with Gasteiger partial charge in [0.25, 0.3) is 11.8 Å². The molecule has 8 nitrogen and oxygen atoms in total. The van der Waals surface area contributed by atoms with Gasteiger partial charge < -0.3 is 4.74 Å². The maximum Gasteiger partial charge on any atom is 0.269 e. The smallest absolute Gasteiger partial charge is 0.269 e. The summed E-state index contributed by atoms with van der Waals surface area (Å²) in [6.07, 6.45) is 0. The molecule has 0 aliphatic rings. The Morgan fingerprint density at radius 3 is 1.79 bits per heavy atom. The van der Waals surface area contributed by atoms with Gasteiger partial charge >= 0.3 is 0 Å². The molecule has 0 aliphatic heterocycles. The number of hydrogen-bond acceptors (Lipinski definition) is 5. The van der Waals surface area contributed by atoms with E-state index in [1.165, 1.54) is 38.4 Å². The van der Waals surface area contributed by atoms with Crippen LogP contribution in [-0.4, -0.2) is 38.6 Å². The van der Waals surface area contributed by atoms with Crippen molar-refractivity contribution in [1.29, 1.82) is 0 Å². The topological polar surface area (TPSA) is 105 Å². The summed E-state index contributed by atoms with van der Waals surface area (Å²) >= 11 is 5.85. The number of hydrogen-bond donors (Lipinski definition) is 2. The molecule has 0 spiro atoms. The molecular weight excluding hydrogens is 466 g/mol. The number of ether oxygens (including phenoxy) is 1. The maximum atomic E-state index is 12.3. The van der Waals surface area contributed by atoms with Crippen LogP contribution in [0.4, 0.5) is 0 Å². The number of nitrogens with one attached hydrogen (secondary N) is 2. The predicted octanol–water partition coefficient (Wildman–Crippen LogP) is 3.24. The Morgan fingerprint density at radius 1 is 0.818 bits per heavy atom. The van der Waals surface area contributed by atoms with Gasteiger partial charge in [-0.3, -0.25) is 20.4 Å². The standard InChI is InChI=1S/C23H22ClN3O5S/c1-27(2)33(30,31)21-13-7-18(8-14-21)23(29)26-25-22(28)17-5-3-16(4-6-17)15-32-20-11-9-19(24)10-12-20/h3-14H,15H2,1-2H3,(H,25,28)(H,26,29). The summed E-state index contributed by atoms with van der Waals surface area (Å²) in [5, 5.41) is 0.624. The molecule has 3 rings (SSSR count). The fraction of sp³-hybridized carbons (Fsp3) is 0.130. The van der Waals surface area contributed by atoms with Crippen LogP contribution in [0.5, 0.6) is 5.75 Å². The van der Waals surface area contributed by atoms with Crippen molar-refractivity contribution in [2.24, 2.45) is 0 Å². The van der Waals surface area contributed by atoms with Gasteiger partial charge in [0.2, 0.25) is 10.0 Å². The normalized spacial score (nSPS) is 11.2. The highest BCUT2D eigenvalue weighted by atomic mass is 35.5. The SMILES string of the molecule is CN(C)S(=O)(=O)c1ccc(C(=O)NNC(=O)c2ccc(COc3ccc(Cl)cc3)cc2)cc1. The Morgan fingerprint density at radius 2 is 1.30 bits per heavy atom. The molecule has 172 valence electrons. The van der Waals surface area contributed by atoms with Gasteiger partial charge in [-0.05, 0) is 66.2 Å². The van der Waals surface area contributed by atoms with Crippen LogP contribution < -0.4 is 15.6 Å². The fourth-order valence-corrected chi connectivity index (χ4v) is 3.72. The Kier molecular flexibility index (Phi) is 7.70. The lowest BCUT2D eigenvalue weighted by Gasteiger charge is -2.12. The number of carbonyl (C=O) groups is 2. The monoisotopic (exact) mass is 487 g/mol. The van der Waals surface area contributed by atoms with Crippen LogP contribution in [0.15, 0.2) is 77.7 Å². The number of amides is 2. The number of sulfonamides is 1. The molecule has 0 aromatic heterocycles. The highest BCUT2D eigenvalue weighted by Gasteiger charge is 2.17. The third-order valence-electron chi connectivity index (χ3n) is 4.62. The Labute approximate surface area is 197 Å². The number of hydrazine groups is 1. The maximum absolute atomic E-state index is 12.3. The van der Waals surface area contributed by atoms with Crippen molar-refractivity contribution in [1.82, 2.24) is 15.2 Å².